The lowest BCUT2D eigenvalue weighted by Crippen LogP contribution is -2.47. The number of aromatic nitrogens is 3. The SMILES string of the molecule is COc1cccc([C@H]2[C@@H](C(N)=O)[C@H](C)Nc3ncnn32)c1. The molecule has 0 unspecified atom stereocenters. The first kappa shape index (κ1) is 13.4. The molecule has 0 fully saturated rings. The monoisotopic (exact) mass is 287 g/mol. The van der Waals surface area contributed by atoms with Gasteiger partial charge < -0.3 is 15.8 Å². The lowest BCUT2D eigenvalue weighted by Gasteiger charge is -2.36. The zero-order valence-corrected chi connectivity index (χ0v) is 11.9. The van der Waals surface area contributed by atoms with Crippen LogP contribution >= 0.6 is 0 Å². The third-order valence-corrected chi connectivity index (χ3v) is 3.84. The molecule has 0 saturated heterocycles. The molecule has 21 heavy (non-hydrogen) atoms. The van der Waals surface area contributed by atoms with E-state index < -0.39 is 5.92 Å². The molecule has 1 aliphatic heterocycles. The minimum atomic E-state index is -0.425. The van der Waals surface area contributed by atoms with Crippen LogP contribution in [0.15, 0.2) is 30.6 Å². The van der Waals surface area contributed by atoms with Crippen molar-refractivity contribution in [3.63, 3.8) is 0 Å². The second-order valence-electron chi connectivity index (χ2n) is 5.11. The number of carbonyl (C=O) groups is 1. The Hall–Kier alpha value is -2.57. The van der Waals surface area contributed by atoms with E-state index in [1.807, 2.05) is 31.2 Å². The van der Waals surface area contributed by atoms with E-state index in [1.54, 1.807) is 11.8 Å². The van der Waals surface area contributed by atoms with Crippen molar-refractivity contribution in [1.29, 1.82) is 0 Å². The Morgan fingerprint density at radius 3 is 3.00 bits per heavy atom. The zero-order valence-electron chi connectivity index (χ0n) is 11.9. The van der Waals surface area contributed by atoms with E-state index in [9.17, 15) is 4.79 Å². The first-order valence-corrected chi connectivity index (χ1v) is 6.71. The van der Waals surface area contributed by atoms with Crippen LogP contribution in [0.4, 0.5) is 5.95 Å². The van der Waals surface area contributed by atoms with Crippen molar-refractivity contribution in [2.75, 3.05) is 12.4 Å². The summed E-state index contributed by atoms with van der Waals surface area (Å²) < 4.78 is 6.96. The highest BCUT2D eigenvalue weighted by Crippen LogP contribution is 2.36. The summed E-state index contributed by atoms with van der Waals surface area (Å²) in [5, 5.41) is 7.39. The summed E-state index contributed by atoms with van der Waals surface area (Å²) in [6, 6.07) is 7.14. The van der Waals surface area contributed by atoms with Crippen LogP contribution in [0.25, 0.3) is 0 Å². The Kier molecular flexibility index (Phi) is 3.25. The van der Waals surface area contributed by atoms with Crippen LogP contribution in [0.1, 0.15) is 18.5 Å². The average molecular weight is 287 g/mol. The van der Waals surface area contributed by atoms with Crippen molar-refractivity contribution >= 4 is 11.9 Å². The number of nitrogens with two attached hydrogens (primary N) is 1. The van der Waals surface area contributed by atoms with Crippen molar-refractivity contribution in [3.05, 3.63) is 36.2 Å². The second-order valence-corrected chi connectivity index (χ2v) is 5.11. The highest BCUT2D eigenvalue weighted by Gasteiger charge is 2.40. The summed E-state index contributed by atoms with van der Waals surface area (Å²) in [6.07, 6.45) is 1.46. The minimum absolute atomic E-state index is 0.129. The maximum atomic E-state index is 11.9. The number of hydrogen-bond acceptors (Lipinski definition) is 5. The zero-order chi connectivity index (χ0) is 15.0. The molecule has 0 aliphatic carbocycles. The molecule has 2 heterocycles. The van der Waals surface area contributed by atoms with Crippen molar-refractivity contribution in [2.24, 2.45) is 11.7 Å². The van der Waals surface area contributed by atoms with Gasteiger partial charge in [-0.15, -0.1) is 0 Å². The van der Waals surface area contributed by atoms with Crippen LogP contribution in [0, 0.1) is 5.92 Å². The lowest BCUT2D eigenvalue weighted by molar-refractivity contribution is -0.123. The molecule has 1 aliphatic rings. The Bertz CT molecular complexity index is 669. The predicted octanol–water partition coefficient (Wildman–Crippen LogP) is 0.792. The number of nitrogens with one attached hydrogen (secondary N) is 1. The normalized spacial score (nSPS) is 24.0. The van der Waals surface area contributed by atoms with Crippen molar-refractivity contribution in [1.82, 2.24) is 14.8 Å². The highest BCUT2D eigenvalue weighted by molar-refractivity contribution is 5.79. The maximum absolute atomic E-state index is 11.9. The standard InChI is InChI=1S/C14H17N5O2/c1-8-11(13(15)20)12(19-14(18-8)16-7-17-19)9-4-3-5-10(6-9)21-2/h3-8,11-12H,1-2H3,(H2,15,20)(H,16,17,18)/t8-,11-,12-/m0/s1. The quantitative estimate of drug-likeness (QED) is 0.870. The number of primary amides is 1. The third-order valence-electron chi connectivity index (χ3n) is 3.84. The highest BCUT2D eigenvalue weighted by atomic mass is 16.5. The Labute approximate surface area is 122 Å². The minimum Gasteiger partial charge on any atom is -0.497 e. The van der Waals surface area contributed by atoms with Crippen LogP contribution in [-0.2, 0) is 4.79 Å². The van der Waals surface area contributed by atoms with E-state index in [2.05, 4.69) is 15.4 Å². The summed E-state index contributed by atoms with van der Waals surface area (Å²) in [5.41, 5.74) is 6.53. The van der Waals surface area contributed by atoms with E-state index in [4.69, 9.17) is 10.5 Å². The maximum Gasteiger partial charge on any atom is 0.225 e. The molecule has 0 spiro atoms. The third kappa shape index (κ3) is 2.20. The Morgan fingerprint density at radius 2 is 2.29 bits per heavy atom. The molecule has 0 bridgehead atoms. The number of ether oxygens (including phenoxy) is 1. The van der Waals surface area contributed by atoms with Crippen LogP contribution < -0.4 is 15.8 Å². The first-order chi connectivity index (χ1) is 10.1. The lowest BCUT2D eigenvalue weighted by atomic mass is 9.85. The molecule has 7 nitrogen and oxygen atoms in total. The second kappa shape index (κ2) is 5.08. The Balaban J connectivity index is 2.13. The predicted molar refractivity (Wildman–Crippen MR) is 76.9 cm³/mol. The summed E-state index contributed by atoms with van der Waals surface area (Å²) in [5.74, 6) is 0.562. The molecule has 0 saturated carbocycles. The molecule has 1 aromatic heterocycles. The van der Waals surface area contributed by atoms with Gasteiger partial charge in [0.2, 0.25) is 11.9 Å². The number of fused-ring (bicyclic) bond motifs is 1. The van der Waals surface area contributed by atoms with Gasteiger partial charge in [-0.25, -0.2) is 4.68 Å². The average Bonchev–Trinajstić information content (AvgIpc) is 2.93. The van der Waals surface area contributed by atoms with Crippen LogP contribution in [0.2, 0.25) is 0 Å². The van der Waals surface area contributed by atoms with Crippen LogP contribution in [0.5, 0.6) is 5.75 Å². The van der Waals surface area contributed by atoms with Gasteiger partial charge in [0, 0.05) is 6.04 Å². The molecule has 3 N–H and O–H groups in total. The number of carbonyl (C=O) groups excluding carboxylic acids is 1. The fourth-order valence-corrected chi connectivity index (χ4v) is 2.85. The molecule has 1 amide bonds. The van der Waals surface area contributed by atoms with Gasteiger partial charge in [0.05, 0.1) is 19.1 Å². The summed E-state index contributed by atoms with van der Waals surface area (Å²) >= 11 is 0. The molecule has 3 atom stereocenters. The van der Waals surface area contributed by atoms with Gasteiger partial charge in [-0.3, -0.25) is 4.79 Å². The molecular weight excluding hydrogens is 270 g/mol. The van der Waals surface area contributed by atoms with Gasteiger partial charge >= 0.3 is 0 Å². The van der Waals surface area contributed by atoms with Gasteiger partial charge in [0.1, 0.15) is 12.1 Å². The Morgan fingerprint density at radius 1 is 1.48 bits per heavy atom. The number of rotatable bonds is 3. The van der Waals surface area contributed by atoms with Gasteiger partial charge in [0.15, 0.2) is 0 Å². The smallest absolute Gasteiger partial charge is 0.225 e. The molecule has 110 valence electrons. The first-order valence-electron chi connectivity index (χ1n) is 6.71. The van der Waals surface area contributed by atoms with Gasteiger partial charge in [0.25, 0.3) is 0 Å². The number of benzene rings is 1. The number of nitrogens with zero attached hydrogens (tertiary/aromatic N) is 3. The molecule has 7 heteroatoms. The molecule has 0 radical (unpaired) electrons. The van der Waals surface area contributed by atoms with Gasteiger partial charge in [-0.1, -0.05) is 12.1 Å². The number of amides is 1. The summed E-state index contributed by atoms with van der Waals surface area (Å²) in [7, 11) is 1.61. The fraction of sp³-hybridized carbons (Fsp3) is 0.357. The number of hydrogen-bond donors (Lipinski definition) is 2. The summed E-state index contributed by atoms with van der Waals surface area (Å²) in [4.78, 5) is 16.1. The van der Waals surface area contributed by atoms with Gasteiger partial charge in [-0.2, -0.15) is 10.1 Å². The van der Waals surface area contributed by atoms with E-state index in [0.29, 0.717) is 5.95 Å². The van der Waals surface area contributed by atoms with E-state index in [-0.39, 0.29) is 18.0 Å². The van der Waals surface area contributed by atoms with Crippen molar-refractivity contribution in [2.45, 2.75) is 19.0 Å². The van der Waals surface area contributed by atoms with Crippen LogP contribution in [-0.4, -0.2) is 33.8 Å². The summed E-state index contributed by atoms with van der Waals surface area (Å²) in [6.45, 7) is 1.92. The van der Waals surface area contributed by atoms with E-state index in [0.717, 1.165) is 11.3 Å². The number of methoxy groups -OCH3 is 1. The van der Waals surface area contributed by atoms with Gasteiger partial charge in [-0.05, 0) is 24.6 Å². The van der Waals surface area contributed by atoms with E-state index in [1.165, 1.54) is 6.33 Å². The topological polar surface area (TPSA) is 95.1 Å². The molecule has 3 rings (SSSR count). The number of anilines is 1. The molecular formula is C14H17N5O2. The molecule has 2 aromatic rings. The van der Waals surface area contributed by atoms with Crippen LogP contribution in [0.3, 0.4) is 0 Å². The largest absolute Gasteiger partial charge is 0.497 e. The molecule has 1 aromatic carbocycles. The van der Waals surface area contributed by atoms with E-state index >= 15 is 0 Å². The van der Waals surface area contributed by atoms with Crippen molar-refractivity contribution in [3.8, 4) is 5.75 Å². The van der Waals surface area contributed by atoms with Crippen molar-refractivity contribution < 1.29 is 9.53 Å². The fourth-order valence-electron chi connectivity index (χ4n) is 2.85.